The number of fused-ring (bicyclic) bond motifs is 1. The number of aromatic carboxylic acids is 1. The monoisotopic (exact) mass is 344 g/mol. The van der Waals surface area contributed by atoms with Crippen LogP contribution < -0.4 is 4.74 Å². The number of carboxylic acid groups (broad SMARTS) is 1. The van der Waals surface area contributed by atoms with Crippen molar-refractivity contribution in [3.8, 4) is 17.0 Å². The van der Waals surface area contributed by atoms with Crippen molar-refractivity contribution in [2.75, 3.05) is 6.61 Å². The van der Waals surface area contributed by atoms with E-state index in [-0.39, 0.29) is 5.69 Å². The molecule has 0 saturated heterocycles. The van der Waals surface area contributed by atoms with Crippen LogP contribution >= 0.6 is 11.3 Å². The van der Waals surface area contributed by atoms with Gasteiger partial charge in [0.2, 0.25) is 0 Å². The molecule has 2 aromatic heterocycles. The maximum absolute atomic E-state index is 11.8. The van der Waals surface area contributed by atoms with Gasteiger partial charge >= 0.3 is 5.97 Å². The van der Waals surface area contributed by atoms with E-state index in [1.807, 2.05) is 45.0 Å². The molecule has 5 nitrogen and oxygen atoms in total. The summed E-state index contributed by atoms with van der Waals surface area (Å²) < 4.78 is 7.26. The molecule has 3 aromatic rings. The molecular weight excluding hydrogens is 324 g/mol. The molecule has 0 aliphatic rings. The minimum atomic E-state index is -0.934. The van der Waals surface area contributed by atoms with Crippen molar-refractivity contribution in [3.63, 3.8) is 0 Å². The highest BCUT2D eigenvalue weighted by molar-refractivity contribution is 7.17. The molecule has 0 saturated carbocycles. The number of ether oxygens (including phenoxy) is 1. The van der Waals surface area contributed by atoms with Gasteiger partial charge in [0.05, 0.1) is 18.0 Å². The minimum absolute atomic E-state index is 0.278. The number of hydrogen-bond acceptors (Lipinski definition) is 4. The highest BCUT2D eigenvalue weighted by atomic mass is 32.1. The lowest BCUT2D eigenvalue weighted by Crippen LogP contribution is -2.06. The summed E-state index contributed by atoms with van der Waals surface area (Å²) >= 11 is 1.52. The molecule has 6 heteroatoms. The van der Waals surface area contributed by atoms with E-state index in [0.717, 1.165) is 33.3 Å². The third kappa shape index (κ3) is 2.78. The standard InChI is InChI=1S/C18H20N2O3S/c1-4-6-14-16(17(21)22)20-15(11(3)24-18(20)19-14)12-7-9-13(10-8-12)23-5-2/h7-10H,4-6H2,1-3H3,(H,21,22). The topological polar surface area (TPSA) is 63.8 Å². The summed E-state index contributed by atoms with van der Waals surface area (Å²) in [5, 5.41) is 9.70. The van der Waals surface area contributed by atoms with Crippen LogP contribution in [0.25, 0.3) is 16.2 Å². The van der Waals surface area contributed by atoms with Gasteiger partial charge in [-0.15, -0.1) is 11.3 Å². The molecule has 0 aliphatic heterocycles. The summed E-state index contributed by atoms with van der Waals surface area (Å²) in [5.74, 6) is -0.128. The summed E-state index contributed by atoms with van der Waals surface area (Å²) in [6, 6.07) is 7.74. The number of thiazole rings is 1. The molecular formula is C18H20N2O3S. The lowest BCUT2D eigenvalue weighted by Gasteiger charge is -2.07. The van der Waals surface area contributed by atoms with Crippen molar-refractivity contribution in [2.24, 2.45) is 0 Å². The second-order valence-electron chi connectivity index (χ2n) is 5.54. The SMILES string of the molecule is CCCc1nc2sc(C)c(-c3ccc(OCC)cc3)n2c1C(=O)O. The number of hydrogen-bond donors (Lipinski definition) is 1. The molecule has 0 radical (unpaired) electrons. The number of imidazole rings is 1. The lowest BCUT2D eigenvalue weighted by molar-refractivity contribution is 0.0688. The smallest absolute Gasteiger partial charge is 0.354 e. The molecule has 24 heavy (non-hydrogen) atoms. The molecule has 3 rings (SSSR count). The molecule has 0 atom stereocenters. The van der Waals surface area contributed by atoms with E-state index in [9.17, 15) is 9.90 Å². The molecule has 1 N–H and O–H groups in total. The fourth-order valence-corrected chi connectivity index (χ4v) is 3.91. The van der Waals surface area contributed by atoms with Gasteiger partial charge in [-0.1, -0.05) is 13.3 Å². The Balaban J connectivity index is 2.19. The normalized spacial score (nSPS) is 11.1. The molecule has 0 bridgehead atoms. The summed E-state index contributed by atoms with van der Waals surface area (Å²) in [4.78, 5) is 18.2. The van der Waals surface area contributed by atoms with Crippen LogP contribution in [0.3, 0.4) is 0 Å². The van der Waals surface area contributed by atoms with Gasteiger partial charge in [-0.25, -0.2) is 9.78 Å². The molecule has 0 amide bonds. The number of aromatic nitrogens is 2. The van der Waals surface area contributed by atoms with Gasteiger partial charge in [0.1, 0.15) is 5.75 Å². The lowest BCUT2D eigenvalue weighted by atomic mass is 10.1. The van der Waals surface area contributed by atoms with Gasteiger partial charge in [-0.05, 0) is 50.1 Å². The Kier molecular flexibility index (Phi) is 4.57. The quantitative estimate of drug-likeness (QED) is 0.719. The molecule has 126 valence electrons. The van der Waals surface area contributed by atoms with Crippen LogP contribution in [0.1, 0.15) is 41.3 Å². The van der Waals surface area contributed by atoms with Crippen molar-refractivity contribution in [3.05, 3.63) is 40.5 Å². The molecule has 0 aliphatic carbocycles. The maximum atomic E-state index is 11.8. The van der Waals surface area contributed by atoms with Gasteiger partial charge in [0, 0.05) is 4.88 Å². The molecule has 0 spiro atoms. The second-order valence-corrected chi connectivity index (χ2v) is 6.73. The third-order valence-electron chi connectivity index (χ3n) is 3.85. The van der Waals surface area contributed by atoms with Crippen LogP contribution in [-0.2, 0) is 6.42 Å². The number of carbonyl (C=O) groups is 1. The summed E-state index contributed by atoms with van der Waals surface area (Å²) in [5.41, 5.74) is 2.79. The second kappa shape index (κ2) is 6.65. The van der Waals surface area contributed by atoms with Gasteiger partial charge < -0.3 is 9.84 Å². The van der Waals surface area contributed by atoms with Crippen molar-refractivity contribution in [1.82, 2.24) is 9.38 Å². The fraction of sp³-hybridized carbons (Fsp3) is 0.333. The minimum Gasteiger partial charge on any atom is -0.494 e. The van der Waals surface area contributed by atoms with Gasteiger partial charge in [0.25, 0.3) is 0 Å². The summed E-state index contributed by atoms with van der Waals surface area (Å²) in [6.45, 7) is 6.58. The predicted octanol–water partition coefficient (Wildman–Crippen LogP) is 4.42. The Morgan fingerprint density at radius 2 is 2.00 bits per heavy atom. The average molecular weight is 344 g/mol. The van der Waals surface area contributed by atoms with E-state index in [0.29, 0.717) is 18.7 Å². The highest BCUT2D eigenvalue weighted by Gasteiger charge is 2.23. The van der Waals surface area contributed by atoms with E-state index in [1.165, 1.54) is 11.3 Å². The number of rotatable bonds is 6. The van der Waals surface area contributed by atoms with Crippen LogP contribution in [0.2, 0.25) is 0 Å². The first-order valence-electron chi connectivity index (χ1n) is 8.04. The van der Waals surface area contributed by atoms with Crippen molar-refractivity contribution in [2.45, 2.75) is 33.6 Å². The van der Waals surface area contributed by atoms with E-state index < -0.39 is 5.97 Å². The van der Waals surface area contributed by atoms with Crippen LogP contribution in [0.4, 0.5) is 0 Å². The largest absolute Gasteiger partial charge is 0.494 e. The van der Waals surface area contributed by atoms with Crippen LogP contribution in [0.15, 0.2) is 24.3 Å². The highest BCUT2D eigenvalue weighted by Crippen LogP contribution is 2.34. The Morgan fingerprint density at radius 3 is 2.58 bits per heavy atom. The van der Waals surface area contributed by atoms with E-state index in [1.54, 1.807) is 4.40 Å². The molecule has 0 unspecified atom stereocenters. The first-order valence-corrected chi connectivity index (χ1v) is 8.85. The molecule has 0 fully saturated rings. The van der Waals surface area contributed by atoms with Crippen molar-refractivity contribution >= 4 is 22.3 Å². The van der Waals surface area contributed by atoms with Crippen molar-refractivity contribution < 1.29 is 14.6 Å². The maximum Gasteiger partial charge on any atom is 0.354 e. The van der Waals surface area contributed by atoms with Gasteiger partial charge in [0.15, 0.2) is 10.7 Å². The summed E-state index contributed by atoms with van der Waals surface area (Å²) in [7, 11) is 0. The Bertz CT molecular complexity index is 878. The van der Waals surface area contributed by atoms with Gasteiger partial charge in [-0.2, -0.15) is 0 Å². The molecule has 1 aromatic carbocycles. The van der Waals surface area contributed by atoms with E-state index >= 15 is 0 Å². The number of aryl methyl sites for hydroxylation is 2. The first-order chi connectivity index (χ1) is 11.6. The van der Waals surface area contributed by atoms with Crippen LogP contribution in [-0.4, -0.2) is 27.1 Å². The zero-order valence-corrected chi connectivity index (χ0v) is 14.8. The number of benzene rings is 1. The van der Waals surface area contributed by atoms with Crippen LogP contribution in [0, 0.1) is 6.92 Å². The zero-order valence-electron chi connectivity index (χ0n) is 14.0. The average Bonchev–Trinajstić information content (AvgIpc) is 3.03. The Labute approximate surface area is 144 Å². The fourth-order valence-electron chi connectivity index (χ4n) is 2.90. The molecule has 2 heterocycles. The zero-order chi connectivity index (χ0) is 17.3. The Hall–Kier alpha value is -2.34. The first kappa shape index (κ1) is 16.5. The van der Waals surface area contributed by atoms with E-state index in [2.05, 4.69) is 4.98 Å². The Morgan fingerprint density at radius 1 is 1.29 bits per heavy atom. The number of carboxylic acids is 1. The summed E-state index contributed by atoms with van der Waals surface area (Å²) in [6.07, 6.45) is 1.53. The van der Waals surface area contributed by atoms with E-state index in [4.69, 9.17) is 4.74 Å². The predicted molar refractivity (Wildman–Crippen MR) is 95.4 cm³/mol. The third-order valence-corrected chi connectivity index (χ3v) is 4.80. The van der Waals surface area contributed by atoms with Gasteiger partial charge in [-0.3, -0.25) is 4.40 Å². The van der Waals surface area contributed by atoms with Crippen molar-refractivity contribution in [1.29, 1.82) is 0 Å². The van der Waals surface area contributed by atoms with Crippen LogP contribution in [0.5, 0.6) is 5.75 Å². The number of nitrogens with zero attached hydrogens (tertiary/aromatic N) is 2.